The highest BCUT2D eigenvalue weighted by Gasteiger charge is 2.35. The summed E-state index contributed by atoms with van der Waals surface area (Å²) < 4.78 is 13.0. The monoisotopic (exact) mass is 492 g/mol. The van der Waals surface area contributed by atoms with Gasteiger partial charge in [0.25, 0.3) is 0 Å². The largest absolute Gasteiger partial charge is 0.394 e. The Labute approximate surface area is 212 Å². The van der Waals surface area contributed by atoms with Crippen LogP contribution in [0, 0.1) is 13.8 Å². The van der Waals surface area contributed by atoms with Crippen LogP contribution in [0.1, 0.15) is 42.6 Å². The molecule has 3 atom stereocenters. The molecule has 3 aliphatic rings. The predicted octanol–water partition coefficient (Wildman–Crippen LogP) is 2.60. The first kappa shape index (κ1) is 23.8. The molecule has 1 aromatic carbocycles. The maximum Gasteiger partial charge on any atom is 0.159 e. The number of aliphatic hydroxyl groups is 1. The number of ether oxygens (including phenoxy) is 2. The number of benzene rings is 1. The number of nitrogens with zero attached hydrogens (tertiary/aromatic N) is 6. The number of fused-ring (bicyclic) bond motifs is 1. The first-order valence-corrected chi connectivity index (χ1v) is 13.2. The van der Waals surface area contributed by atoms with Gasteiger partial charge in [-0.1, -0.05) is 0 Å². The molecular formula is C27H36N6O3. The minimum Gasteiger partial charge on any atom is -0.394 e. The van der Waals surface area contributed by atoms with Crippen LogP contribution in [-0.4, -0.2) is 94.0 Å². The molecule has 0 radical (unpaired) electrons. The summed E-state index contributed by atoms with van der Waals surface area (Å²) in [6.07, 6.45) is 4.07. The number of aryl methyl sites for hydroxylation is 2. The number of hydrogen-bond acceptors (Lipinski definition) is 8. The molecule has 2 unspecified atom stereocenters. The number of piperidine rings is 1. The average molecular weight is 493 g/mol. The van der Waals surface area contributed by atoms with Gasteiger partial charge in [-0.05, 0) is 69.3 Å². The Balaban J connectivity index is 1.31. The van der Waals surface area contributed by atoms with Crippen molar-refractivity contribution in [3.63, 3.8) is 0 Å². The highest BCUT2D eigenvalue weighted by Crippen LogP contribution is 2.37. The van der Waals surface area contributed by atoms with Crippen LogP contribution in [0.15, 0.2) is 24.4 Å². The summed E-state index contributed by atoms with van der Waals surface area (Å²) >= 11 is 0. The van der Waals surface area contributed by atoms with Gasteiger partial charge in [0.1, 0.15) is 11.6 Å². The summed E-state index contributed by atoms with van der Waals surface area (Å²) in [4.78, 5) is 14.2. The number of anilines is 1. The fourth-order valence-corrected chi connectivity index (χ4v) is 6.10. The minimum absolute atomic E-state index is 0.00528. The van der Waals surface area contributed by atoms with Crippen LogP contribution < -0.4 is 4.90 Å². The molecule has 192 valence electrons. The maximum atomic E-state index is 9.56. The second-order valence-electron chi connectivity index (χ2n) is 10.6. The second-order valence-corrected chi connectivity index (χ2v) is 10.6. The van der Waals surface area contributed by atoms with Gasteiger partial charge in [-0.3, -0.25) is 4.90 Å². The van der Waals surface area contributed by atoms with Crippen LogP contribution in [0.4, 0.5) is 5.82 Å². The van der Waals surface area contributed by atoms with Crippen molar-refractivity contribution < 1.29 is 14.6 Å². The Hall–Kier alpha value is -2.59. The Kier molecular flexibility index (Phi) is 6.41. The number of aliphatic hydroxyl groups excluding tert-OH is 1. The Morgan fingerprint density at radius 1 is 1.08 bits per heavy atom. The van der Waals surface area contributed by atoms with Crippen molar-refractivity contribution in [2.24, 2.45) is 0 Å². The van der Waals surface area contributed by atoms with Crippen LogP contribution in [-0.2, 0) is 9.47 Å². The zero-order valence-electron chi connectivity index (χ0n) is 21.4. The maximum absolute atomic E-state index is 9.56. The predicted molar refractivity (Wildman–Crippen MR) is 138 cm³/mol. The van der Waals surface area contributed by atoms with Crippen molar-refractivity contribution in [3.05, 3.63) is 41.3 Å². The number of rotatable bonds is 5. The third-order valence-corrected chi connectivity index (χ3v) is 8.11. The van der Waals surface area contributed by atoms with E-state index in [1.807, 2.05) is 23.9 Å². The lowest BCUT2D eigenvalue weighted by molar-refractivity contribution is -0.0862. The van der Waals surface area contributed by atoms with E-state index in [0.717, 1.165) is 55.3 Å². The Morgan fingerprint density at radius 2 is 1.92 bits per heavy atom. The average Bonchev–Trinajstić information content (AvgIpc) is 3.26. The minimum atomic E-state index is -0.195. The second kappa shape index (κ2) is 9.70. The van der Waals surface area contributed by atoms with Crippen LogP contribution in [0.2, 0.25) is 0 Å². The summed E-state index contributed by atoms with van der Waals surface area (Å²) in [7, 11) is 0. The molecule has 3 aliphatic heterocycles. The quantitative estimate of drug-likeness (QED) is 0.582. The smallest absolute Gasteiger partial charge is 0.159 e. The number of morpholine rings is 1. The van der Waals surface area contributed by atoms with Gasteiger partial charge in [0.15, 0.2) is 5.82 Å². The van der Waals surface area contributed by atoms with Gasteiger partial charge in [0.2, 0.25) is 0 Å². The SMILES string of the molecule is Cc1nc(N2CCO[C@H](CO)C2)cc(-n2ncc3cc(C)c(C4CCN(C5COC5)C(C)C4)cc32)n1. The van der Waals surface area contributed by atoms with E-state index in [9.17, 15) is 5.11 Å². The van der Waals surface area contributed by atoms with Crippen molar-refractivity contribution in [2.75, 3.05) is 51.0 Å². The zero-order chi connectivity index (χ0) is 24.8. The van der Waals surface area contributed by atoms with Crippen molar-refractivity contribution >= 4 is 16.7 Å². The van der Waals surface area contributed by atoms with Crippen molar-refractivity contribution in [1.29, 1.82) is 0 Å². The lowest BCUT2D eigenvalue weighted by atomic mass is 9.82. The molecule has 2 aromatic heterocycles. The molecule has 5 heterocycles. The molecule has 3 aromatic rings. The molecule has 0 aliphatic carbocycles. The first-order chi connectivity index (χ1) is 17.5. The molecule has 0 spiro atoms. The summed E-state index contributed by atoms with van der Waals surface area (Å²) in [6, 6.07) is 7.76. The van der Waals surface area contributed by atoms with E-state index in [-0.39, 0.29) is 12.7 Å². The van der Waals surface area contributed by atoms with E-state index >= 15 is 0 Å². The van der Waals surface area contributed by atoms with E-state index in [2.05, 4.69) is 40.8 Å². The highest BCUT2D eigenvalue weighted by molar-refractivity contribution is 5.82. The third kappa shape index (κ3) is 4.38. The van der Waals surface area contributed by atoms with Gasteiger partial charge in [0.05, 0.1) is 50.3 Å². The molecule has 6 rings (SSSR count). The van der Waals surface area contributed by atoms with Crippen LogP contribution >= 0.6 is 0 Å². The lowest BCUT2D eigenvalue weighted by Crippen LogP contribution is -2.55. The standard InChI is InChI=1S/C27H36N6O3/c1-17-8-21-12-28-33(27-11-26(29-19(3)30-27)31-6-7-36-23(13-31)14-34)25(21)10-24(17)20-4-5-32(18(2)9-20)22-15-35-16-22/h8,10-12,18,20,22-23,34H,4-7,9,13-16H2,1-3H3/t18?,20?,23-/m0/s1. The van der Waals surface area contributed by atoms with Gasteiger partial charge in [-0.2, -0.15) is 5.10 Å². The van der Waals surface area contributed by atoms with E-state index in [1.54, 1.807) is 0 Å². The van der Waals surface area contributed by atoms with Crippen molar-refractivity contribution in [2.45, 2.75) is 57.7 Å². The first-order valence-electron chi connectivity index (χ1n) is 13.2. The summed E-state index contributed by atoms with van der Waals surface area (Å²) in [5.41, 5.74) is 3.84. The van der Waals surface area contributed by atoms with Gasteiger partial charge < -0.3 is 19.5 Å². The highest BCUT2D eigenvalue weighted by atomic mass is 16.5. The molecule has 3 fully saturated rings. The molecule has 3 saturated heterocycles. The number of aromatic nitrogens is 4. The number of likely N-dealkylation sites (tertiary alicyclic amines) is 1. The summed E-state index contributed by atoms with van der Waals surface area (Å²) in [5.74, 6) is 2.85. The van der Waals surface area contributed by atoms with Crippen LogP contribution in [0.3, 0.4) is 0 Å². The summed E-state index contributed by atoms with van der Waals surface area (Å²) in [6.45, 7) is 11.3. The zero-order valence-corrected chi connectivity index (χ0v) is 21.4. The van der Waals surface area contributed by atoms with E-state index in [1.165, 1.54) is 17.5 Å². The van der Waals surface area contributed by atoms with Gasteiger partial charge >= 0.3 is 0 Å². The molecule has 9 nitrogen and oxygen atoms in total. The fraction of sp³-hybridized carbons (Fsp3) is 0.593. The lowest BCUT2D eigenvalue weighted by Gasteiger charge is -2.45. The topological polar surface area (TPSA) is 88.8 Å². The Bertz CT molecular complexity index is 1240. The van der Waals surface area contributed by atoms with E-state index in [4.69, 9.17) is 19.6 Å². The molecule has 36 heavy (non-hydrogen) atoms. The van der Waals surface area contributed by atoms with Crippen molar-refractivity contribution in [3.8, 4) is 5.82 Å². The molecule has 0 saturated carbocycles. The molecular weight excluding hydrogens is 456 g/mol. The molecule has 0 bridgehead atoms. The third-order valence-electron chi connectivity index (χ3n) is 8.11. The van der Waals surface area contributed by atoms with Crippen LogP contribution in [0.25, 0.3) is 16.7 Å². The summed E-state index contributed by atoms with van der Waals surface area (Å²) in [5, 5.41) is 15.4. The van der Waals surface area contributed by atoms with Crippen LogP contribution in [0.5, 0.6) is 0 Å². The van der Waals surface area contributed by atoms with Gasteiger partial charge in [-0.15, -0.1) is 0 Å². The number of hydrogen-bond donors (Lipinski definition) is 1. The normalized spacial score (nSPS) is 25.9. The molecule has 9 heteroatoms. The van der Waals surface area contributed by atoms with Crippen molar-refractivity contribution in [1.82, 2.24) is 24.6 Å². The van der Waals surface area contributed by atoms with Gasteiger partial charge in [-0.25, -0.2) is 14.6 Å². The Morgan fingerprint density at radius 3 is 2.67 bits per heavy atom. The fourth-order valence-electron chi connectivity index (χ4n) is 6.10. The molecule has 1 N–H and O–H groups in total. The van der Waals surface area contributed by atoms with E-state index in [0.29, 0.717) is 37.0 Å². The van der Waals surface area contributed by atoms with Gasteiger partial charge in [0, 0.05) is 30.6 Å². The molecule has 0 amide bonds. The van der Waals surface area contributed by atoms with E-state index < -0.39 is 0 Å².